The number of hydrogen-bond donors (Lipinski definition) is 1. The molecule has 4 rings (SSSR count). The SMILES string of the molecule is Nc1ccc(C(=O)CC2CN3CCC2CC3)cc1I. The lowest BCUT2D eigenvalue weighted by Crippen LogP contribution is -2.47. The van der Waals surface area contributed by atoms with Gasteiger partial charge in [0.05, 0.1) is 0 Å². The molecule has 19 heavy (non-hydrogen) atoms. The normalized spacial score (nSPS) is 29.4. The van der Waals surface area contributed by atoms with Crippen molar-refractivity contribution in [1.82, 2.24) is 4.90 Å². The van der Waals surface area contributed by atoms with Gasteiger partial charge in [0.2, 0.25) is 0 Å². The average molecular weight is 370 g/mol. The van der Waals surface area contributed by atoms with E-state index in [0.717, 1.165) is 27.3 Å². The minimum absolute atomic E-state index is 0.275. The fraction of sp³-hybridized carbons (Fsp3) is 0.533. The molecule has 1 aromatic rings. The van der Waals surface area contributed by atoms with E-state index in [4.69, 9.17) is 5.73 Å². The van der Waals surface area contributed by atoms with Crippen molar-refractivity contribution < 1.29 is 4.79 Å². The summed E-state index contributed by atoms with van der Waals surface area (Å²) in [5.41, 5.74) is 7.36. The zero-order valence-electron chi connectivity index (χ0n) is 10.9. The average Bonchev–Trinajstić information content (AvgIpc) is 2.43. The van der Waals surface area contributed by atoms with Crippen molar-refractivity contribution in [1.29, 1.82) is 0 Å². The van der Waals surface area contributed by atoms with Crippen LogP contribution in [0, 0.1) is 15.4 Å². The molecular formula is C15H19IN2O. The monoisotopic (exact) mass is 370 g/mol. The van der Waals surface area contributed by atoms with Gasteiger partial charge in [0, 0.05) is 27.8 Å². The summed E-state index contributed by atoms with van der Waals surface area (Å²) < 4.78 is 0.970. The number of halogens is 1. The molecule has 0 aliphatic carbocycles. The number of fused-ring (bicyclic) bond motifs is 3. The number of Topliss-reactive ketones (excluding diaryl/α,β-unsaturated/α-hetero) is 1. The standard InChI is InChI=1S/C15H19IN2O/c16-13-7-11(1-2-14(13)17)15(19)8-12-9-18-5-3-10(12)4-6-18/h1-2,7,10,12H,3-6,8-9,17H2. The second-order valence-corrected chi connectivity index (χ2v) is 6.92. The van der Waals surface area contributed by atoms with E-state index in [1.807, 2.05) is 18.2 Å². The van der Waals surface area contributed by atoms with Crippen LogP contribution in [0.3, 0.4) is 0 Å². The quantitative estimate of drug-likeness (QED) is 0.506. The first-order chi connectivity index (χ1) is 9.13. The van der Waals surface area contributed by atoms with Gasteiger partial charge >= 0.3 is 0 Å². The summed E-state index contributed by atoms with van der Waals surface area (Å²) in [6.07, 6.45) is 3.25. The van der Waals surface area contributed by atoms with Crippen LogP contribution in [0.15, 0.2) is 18.2 Å². The highest BCUT2D eigenvalue weighted by Crippen LogP contribution is 2.35. The molecule has 0 aromatic heterocycles. The first-order valence-electron chi connectivity index (χ1n) is 6.94. The third-order valence-electron chi connectivity index (χ3n) is 4.56. The van der Waals surface area contributed by atoms with E-state index in [9.17, 15) is 4.79 Å². The van der Waals surface area contributed by atoms with Crippen LogP contribution < -0.4 is 5.73 Å². The van der Waals surface area contributed by atoms with Crippen LogP contribution in [0.1, 0.15) is 29.6 Å². The van der Waals surface area contributed by atoms with Crippen LogP contribution in [-0.2, 0) is 0 Å². The maximum atomic E-state index is 12.4. The van der Waals surface area contributed by atoms with Crippen molar-refractivity contribution in [3.8, 4) is 0 Å². The summed E-state index contributed by atoms with van der Waals surface area (Å²) in [5.74, 6) is 1.60. The van der Waals surface area contributed by atoms with Gasteiger partial charge in [-0.2, -0.15) is 0 Å². The van der Waals surface area contributed by atoms with Crippen LogP contribution in [0.5, 0.6) is 0 Å². The first kappa shape index (κ1) is 13.4. The van der Waals surface area contributed by atoms with Crippen LogP contribution in [0.4, 0.5) is 5.69 Å². The zero-order chi connectivity index (χ0) is 13.4. The summed E-state index contributed by atoms with van der Waals surface area (Å²) in [5, 5.41) is 0. The predicted molar refractivity (Wildman–Crippen MR) is 85.2 cm³/mol. The van der Waals surface area contributed by atoms with E-state index in [2.05, 4.69) is 27.5 Å². The molecule has 1 unspecified atom stereocenters. The highest BCUT2D eigenvalue weighted by molar-refractivity contribution is 14.1. The van der Waals surface area contributed by atoms with Crippen LogP contribution in [0.25, 0.3) is 0 Å². The largest absolute Gasteiger partial charge is 0.398 e. The van der Waals surface area contributed by atoms with Gasteiger partial charge in [0.15, 0.2) is 5.78 Å². The zero-order valence-corrected chi connectivity index (χ0v) is 13.1. The Balaban J connectivity index is 1.69. The topological polar surface area (TPSA) is 46.3 Å². The number of anilines is 1. The Kier molecular flexibility index (Phi) is 3.80. The van der Waals surface area contributed by atoms with Crippen molar-refractivity contribution in [2.75, 3.05) is 25.4 Å². The molecule has 2 N–H and O–H groups in total. The van der Waals surface area contributed by atoms with E-state index in [-0.39, 0.29) is 5.78 Å². The molecule has 0 radical (unpaired) electrons. The number of carbonyl (C=O) groups excluding carboxylic acids is 1. The highest BCUT2D eigenvalue weighted by Gasteiger charge is 2.35. The second kappa shape index (κ2) is 5.40. The minimum atomic E-state index is 0.275. The van der Waals surface area contributed by atoms with Gasteiger partial charge < -0.3 is 10.6 Å². The number of rotatable bonds is 3. The third-order valence-corrected chi connectivity index (χ3v) is 5.50. The molecule has 3 fully saturated rings. The van der Waals surface area contributed by atoms with Gasteiger partial charge in [-0.25, -0.2) is 0 Å². The maximum Gasteiger partial charge on any atom is 0.163 e. The number of nitrogen functional groups attached to an aromatic ring is 1. The fourth-order valence-electron chi connectivity index (χ4n) is 3.38. The molecule has 0 spiro atoms. The molecule has 1 aromatic carbocycles. The molecule has 0 saturated carbocycles. The van der Waals surface area contributed by atoms with Crippen molar-refractivity contribution in [3.05, 3.63) is 27.3 Å². The van der Waals surface area contributed by atoms with E-state index in [1.54, 1.807) is 0 Å². The Morgan fingerprint density at radius 2 is 2.11 bits per heavy atom. The molecule has 4 heteroatoms. The molecular weight excluding hydrogens is 351 g/mol. The summed E-state index contributed by atoms with van der Waals surface area (Å²) in [6.45, 7) is 3.58. The Labute approximate surface area is 127 Å². The summed E-state index contributed by atoms with van der Waals surface area (Å²) >= 11 is 2.19. The number of hydrogen-bond acceptors (Lipinski definition) is 3. The Morgan fingerprint density at radius 1 is 1.37 bits per heavy atom. The first-order valence-corrected chi connectivity index (χ1v) is 8.02. The van der Waals surface area contributed by atoms with Crippen LogP contribution in [-0.4, -0.2) is 30.3 Å². The van der Waals surface area contributed by atoms with Crippen molar-refractivity contribution in [2.24, 2.45) is 11.8 Å². The fourth-order valence-corrected chi connectivity index (χ4v) is 3.89. The number of ketones is 1. The maximum absolute atomic E-state index is 12.4. The Morgan fingerprint density at radius 3 is 2.68 bits per heavy atom. The van der Waals surface area contributed by atoms with Gasteiger partial charge in [-0.05, 0) is 78.6 Å². The predicted octanol–water partition coefficient (Wildman–Crippen LogP) is 2.79. The van der Waals surface area contributed by atoms with Crippen molar-refractivity contribution in [3.63, 3.8) is 0 Å². The lowest BCUT2D eigenvalue weighted by Gasteiger charge is -2.44. The van der Waals surface area contributed by atoms with Gasteiger partial charge in [-0.15, -0.1) is 0 Å². The van der Waals surface area contributed by atoms with Gasteiger partial charge in [-0.1, -0.05) is 0 Å². The molecule has 0 amide bonds. The van der Waals surface area contributed by atoms with E-state index in [0.29, 0.717) is 12.3 Å². The van der Waals surface area contributed by atoms with E-state index >= 15 is 0 Å². The molecule has 1 atom stereocenters. The van der Waals surface area contributed by atoms with E-state index < -0.39 is 0 Å². The number of piperidine rings is 3. The summed E-state index contributed by atoms with van der Waals surface area (Å²) in [7, 11) is 0. The Hall–Kier alpha value is -0.620. The number of carbonyl (C=O) groups is 1. The molecule has 2 bridgehead atoms. The van der Waals surface area contributed by atoms with E-state index in [1.165, 1.54) is 25.9 Å². The smallest absolute Gasteiger partial charge is 0.163 e. The summed E-state index contributed by atoms with van der Waals surface area (Å²) in [6, 6.07) is 5.62. The number of nitrogens with two attached hydrogens (primary N) is 1. The highest BCUT2D eigenvalue weighted by atomic mass is 127. The van der Waals surface area contributed by atoms with Crippen LogP contribution in [0.2, 0.25) is 0 Å². The third kappa shape index (κ3) is 2.79. The second-order valence-electron chi connectivity index (χ2n) is 5.76. The Bertz CT molecular complexity index is 495. The van der Waals surface area contributed by atoms with Crippen molar-refractivity contribution >= 4 is 34.1 Å². The van der Waals surface area contributed by atoms with Gasteiger partial charge in [-0.3, -0.25) is 4.79 Å². The molecule has 3 aliphatic rings. The molecule has 3 heterocycles. The van der Waals surface area contributed by atoms with Gasteiger partial charge in [0.1, 0.15) is 0 Å². The molecule has 102 valence electrons. The lowest BCUT2D eigenvalue weighted by molar-refractivity contribution is 0.0441. The lowest BCUT2D eigenvalue weighted by atomic mass is 9.76. The minimum Gasteiger partial charge on any atom is -0.398 e. The van der Waals surface area contributed by atoms with Gasteiger partial charge in [0.25, 0.3) is 0 Å². The molecule has 3 nitrogen and oxygen atoms in total. The molecule has 3 aliphatic heterocycles. The molecule has 3 saturated heterocycles. The van der Waals surface area contributed by atoms with Crippen LogP contribution >= 0.6 is 22.6 Å². The summed E-state index contributed by atoms with van der Waals surface area (Å²) in [4.78, 5) is 14.9. The number of benzene rings is 1. The number of nitrogens with zero attached hydrogens (tertiary/aromatic N) is 1. The van der Waals surface area contributed by atoms with Crippen molar-refractivity contribution in [2.45, 2.75) is 19.3 Å².